The van der Waals surface area contributed by atoms with E-state index in [2.05, 4.69) is 15.5 Å². The molecule has 1 aromatic carbocycles. The first kappa shape index (κ1) is 17.6. The van der Waals surface area contributed by atoms with Crippen molar-refractivity contribution in [1.29, 1.82) is 0 Å². The summed E-state index contributed by atoms with van der Waals surface area (Å²) >= 11 is 0. The number of benzene rings is 1. The normalized spacial score (nSPS) is 12.7. The lowest BCUT2D eigenvalue weighted by Gasteiger charge is -2.12. The van der Waals surface area contributed by atoms with Gasteiger partial charge in [0.05, 0.1) is 11.1 Å². The van der Waals surface area contributed by atoms with Crippen LogP contribution in [0, 0.1) is 5.82 Å². The van der Waals surface area contributed by atoms with E-state index in [-0.39, 0.29) is 22.4 Å². The molecule has 7 nitrogen and oxygen atoms in total. The second-order valence-electron chi connectivity index (χ2n) is 6.40. The third kappa shape index (κ3) is 3.76. The molecule has 24 heavy (non-hydrogen) atoms. The van der Waals surface area contributed by atoms with E-state index in [4.69, 9.17) is 9.63 Å². The van der Waals surface area contributed by atoms with Gasteiger partial charge in [-0.2, -0.15) is 4.98 Å². The van der Waals surface area contributed by atoms with Crippen molar-refractivity contribution in [2.75, 3.05) is 0 Å². The van der Waals surface area contributed by atoms with Crippen LogP contribution in [0.1, 0.15) is 66.2 Å². The first-order chi connectivity index (χ1) is 11.1. The van der Waals surface area contributed by atoms with Crippen molar-refractivity contribution in [3.8, 4) is 0 Å². The third-order valence-electron chi connectivity index (χ3n) is 3.29. The van der Waals surface area contributed by atoms with Gasteiger partial charge in [0, 0.05) is 5.41 Å². The molecule has 8 heteroatoms. The lowest BCUT2D eigenvalue weighted by atomic mass is 9.96. The molecule has 0 saturated carbocycles. The highest BCUT2D eigenvalue weighted by Crippen LogP contribution is 2.21. The smallest absolute Gasteiger partial charge is 0.335 e. The van der Waals surface area contributed by atoms with Gasteiger partial charge in [-0.1, -0.05) is 25.9 Å². The molecule has 0 aliphatic carbocycles. The van der Waals surface area contributed by atoms with Gasteiger partial charge in [0.1, 0.15) is 11.9 Å². The van der Waals surface area contributed by atoms with Gasteiger partial charge < -0.3 is 14.9 Å². The van der Waals surface area contributed by atoms with Crippen molar-refractivity contribution in [2.24, 2.45) is 0 Å². The van der Waals surface area contributed by atoms with Gasteiger partial charge in [0.2, 0.25) is 5.89 Å². The molecule has 2 N–H and O–H groups in total. The molecule has 0 spiro atoms. The Morgan fingerprint density at radius 1 is 1.33 bits per heavy atom. The fraction of sp³-hybridized carbons (Fsp3) is 0.375. The molecule has 1 heterocycles. The zero-order valence-corrected chi connectivity index (χ0v) is 13.8. The first-order valence-corrected chi connectivity index (χ1v) is 7.27. The van der Waals surface area contributed by atoms with Crippen molar-refractivity contribution in [2.45, 2.75) is 39.2 Å². The number of aromatic nitrogens is 2. The number of carbonyl (C=O) groups is 2. The molecule has 2 aromatic rings. The molecule has 0 aliphatic rings. The van der Waals surface area contributed by atoms with Crippen LogP contribution in [-0.4, -0.2) is 27.1 Å². The Morgan fingerprint density at radius 2 is 2.00 bits per heavy atom. The van der Waals surface area contributed by atoms with E-state index in [0.29, 0.717) is 5.82 Å². The highest BCUT2D eigenvalue weighted by molar-refractivity contribution is 5.96. The predicted octanol–water partition coefficient (Wildman–Crippen LogP) is 2.70. The molecular formula is C16H18FN3O4. The number of carboxylic acid groups (broad SMARTS) is 1. The van der Waals surface area contributed by atoms with Crippen LogP contribution in [0.4, 0.5) is 4.39 Å². The minimum absolute atomic E-state index is 0.204. The summed E-state index contributed by atoms with van der Waals surface area (Å²) in [6.07, 6.45) is 0. The number of carbonyl (C=O) groups excluding carboxylic acids is 1. The van der Waals surface area contributed by atoms with Crippen molar-refractivity contribution in [3.63, 3.8) is 0 Å². The van der Waals surface area contributed by atoms with Gasteiger partial charge in [-0.3, -0.25) is 4.79 Å². The zero-order valence-electron chi connectivity index (χ0n) is 13.8. The average molecular weight is 335 g/mol. The molecule has 1 amide bonds. The number of halogens is 1. The molecule has 0 radical (unpaired) electrons. The molecule has 0 bridgehead atoms. The first-order valence-electron chi connectivity index (χ1n) is 7.27. The van der Waals surface area contributed by atoms with E-state index >= 15 is 0 Å². The Labute approximate surface area is 137 Å². The molecule has 0 aliphatic heterocycles. The van der Waals surface area contributed by atoms with E-state index in [1.807, 2.05) is 20.8 Å². The van der Waals surface area contributed by atoms with Crippen LogP contribution in [0.3, 0.4) is 0 Å². The monoisotopic (exact) mass is 335 g/mol. The minimum Gasteiger partial charge on any atom is -0.478 e. The molecule has 0 fully saturated rings. The average Bonchev–Trinajstić information content (AvgIpc) is 2.96. The van der Waals surface area contributed by atoms with E-state index in [9.17, 15) is 14.0 Å². The standard InChI is InChI=1S/C16H18FN3O4/c1-8(13-19-15(20-24-13)16(2,3)4)18-12(21)10-6-5-9(14(22)23)7-11(10)17/h5-8H,1-4H3,(H,18,21)(H,22,23). The number of amides is 1. The van der Waals surface area contributed by atoms with Gasteiger partial charge in [-0.25, -0.2) is 9.18 Å². The largest absolute Gasteiger partial charge is 0.478 e. The summed E-state index contributed by atoms with van der Waals surface area (Å²) in [5.41, 5.74) is -0.796. The summed E-state index contributed by atoms with van der Waals surface area (Å²) in [6, 6.07) is 2.45. The Kier molecular flexibility index (Phi) is 4.68. The molecule has 1 unspecified atom stereocenters. The number of rotatable bonds is 4. The van der Waals surface area contributed by atoms with E-state index in [1.165, 1.54) is 0 Å². The SMILES string of the molecule is CC(NC(=O)c1ccc(C(=O)O)cc1F)c1nc(C(C)(C)C)no1. The predicted molar refractivity (Wildman–Crippen MR) is 82.2 cm³/mol. The van der Waals surface area contributed by atoms with E-state index in [1.54, 1.807) is 6.92 Å². The number of hydrogen-bond donors (Lipinski definition) is 2. The Balaban J connectivity index is 2.14. The Bertz CT molecular complexity index is 780. The van der Waals surface area contributed by atoms with Crippen molar-refractivity contribution >= 4 is 11.9 Å². The summed E-state index contributed by atoms with van der Waals surface area (Å²) in [4.78, 5) is 27.2. The van der Waals surface area contributed by atoms with Gasteiger partial charge >= 0.3 is 5.97 Å². The molecule has 128 valence electrons. The third-order valence-corrected chi connectivity index (χ3v) is 3.29. The summed E-state index contributed by atoms with van der Waals surface area (Å²) in [5, 5.41) is 15.2. The van der Waals surface area contributed by atoms with Crippen LogP contribution >= 0.6 is 0 Å². The molecular weight excluding hydrogens is 317 g/mol. The maximum Gasteiger partial charge on any atom is 0.335 e. The maximum absolute atomic E-state index is 13.9. The van der Waals surface area contributed by atoms with E-state index in [0.717, 1.165) is 18.2 Å². The Hall–Kier alpha value is -2.77. The summed E-state index contributed by atoms with van der Waals surface area (Å²) < 4.78 is 19.0. The number of hydrogen-bond acceptors (Lipinski definition) is 5. The molecule has 1 aromatic heterocycles. The van der Waals surface area contributed by atoms with Crippen LogP contribution in [0.15, 0.2) is 22.7 Å². The lowest BCUT2D eigenvalue weighted by Crippen LogP contribution is -2.28. The molecule has 0 saturated heterocycles. The molecule has 2 rings (SSSR count). The molecule has 1 atom stereocenters. The number of nitrogens with one attached hydrogen (secondary N) is 1. The number of nitrogens with zero attached hydrogens (tertiary/aromatic N) is 2. The van der Waals surface area contributed by atoms with Gasteiger partial charge in [0.25, 0.3) is 5.91 Å². The van der Waals surface area contributed by atoms with Crippen LogP contribution in [0.2, 0.25) is 0 Å². The highest BCUT2D eigenvalue weighted by Gasteiger charge is 2.24. The lowest BCUT2D eigenvalue weighted by molar-refractivity contribution is 0.0695. The summed E-state index contributed by atoms with van der Waals surface area (Å²) in [6.45, 7) is 7.39. The van der Waals surface area contributed by atoms with Crippen molar-refractivity contribution in [3.05, 3.63) is 46.9 Å². The van der Waals surface area contributed by atoms with E-state index < -0.39 is 23.7 Å². The fourth-order valence-corrected chi connectivity index (χ4v) is 1.88. The highest BCUT2D eigenvalue weighted by atomic mass is 19.1. The van der Waals surface area contributed by atoms with Crippen LogP contribution in [0.25, 0.3) is 0 Å². The van der Waals surface area contributed by atoms with Gasteiger partial charge in [-0.15, -0.1) is 0 Å². The van der Waals surface area contributed by atoms with Crippen LogP contribution in [-0.2, 0) is 5.41 Å². The number of carboxylic acids is 1. The topological polar surface area (TPSA) is 105 Å². The zero-order chi connectivity index (χ0) is 18.1. The second kappa shape index (κ2) is 6.38. The summed E-state index contributed by atoms with van der Waals surface area (Å²) in [5.74, 6) is -2.19. The summed E-state index contributed by atoms with van der Waals surface area (Å²) in [7, 11) is 0. The fourth-order valence-electron chi connectivity index (χ4n) is 1.88. The van der Waals surface area contributed by atoms with Crippen LogP contribution < -0.4 is 5.32 Å². The minimum atomic E-state index is -1.27. The Morgan fingerprint density at radius 3 is 2.50 bits per heavy atom. The maximum atomic E-state index is 13.9. The van der Waals surface area contributed by atoms with Crippen molar-refractivity contribution < 1.29 is 23.6 Å². The quantitative estimate of drug-likeness (QED) is 0.890. The number of aromatic carboxylic acids is 1. The van der Waals surface area contributed by atoms with Gasteiger partial charge in [0.15, 0.2) is 5.82 Å². The second-order valence-corrected chi connectivity index (χ2v) is 6.40. The van der Waals surface area contributed by atoms with Gasteiger partial charge in [-0.05, 0) is 25.1 Å². The van der Waals surface area contributed by atoms with Crippen molar-refractivity contribution in [1.82, 2.24) is 15.5 Å². The van der Waals surface area contributed by atoms with Crippen LogP contribution in [0.5, 0.6) is 0 Å².